The van der Waals surface area contributed by atoms with E-state index in [1.807, 2.05) is 29.2 Å². The predicted octanol–water partition coefficient (Wildman–Crippen LogP) is 3.49. The molecule has 9 nitrogen and oxygen atoms in total. The number of nitrogens with one attached hydrogen (secondary N) is 2. The lowest BCUT2D eigenvalue weighted by Crippen LogP contribution is -2.16. The zero-order valence-electron chi connectivity index (χ0n) is 17.3. The maximum Gasteiger partial charge on any atom is 0.255 e. The number of benzene rings is 1. The maximum atomic E-state index is 12.7. The summed E-state index contributed by atoms with van der Waals surface area (Å²) < 4.78 is 3.67. The third-order valence-corrected chi connectivity index (χ3v) is 4.75. The molecule has 4 rings (SSSR count). The first-order chi connectivity index (χ1) is 15.0. The third-order valence-electron chi connectivity index (χ3n) is 4.75. The lowest BCUT2D eigenvalue weighted by molar-refractivity contribution is -0.116. The van der Waals surface area contributed by atoms with Crippen LogP contribution in [-0.4, -0.2) is 36.1 Å². The van der Waals surface area contributed by atoms with E-state index in [4.69, 9.17) is 0 Å². The normalized spacial score (nSPS) is 11.1. The van der Waals surface area contributed by atoms with E-state index in [9.17, 15) is 9.59 Å². The molecule has 0 fully saturated rings. The third kappa shape index (κ3) is 4.77. The van der Waals surface area contributed by atoms with Crippen molar-refractivity contribution in [2.75, 3.05) is 10.6 Å². The van der Waals surface area contributed by atoms with E-state index in [2.05, 4.69) is 25.7 Å². The Kier molecular flexibility index (Phi) is 5.74. The van der Waals surface area contributed by atoms with Crippen molar-refractivity contribution >= 4 is 34.2 Å². The van der Waals surface area contributed by atoms with E-state index >= 15 is 0 Å². The van der Waals surface area contributed by atoms with Crippen LogP contribution in [0.2, 0.25) is 0 Å². The van der Waals surface area contributed by atoms with Crippen LogP contribution in [0, 0.1) is 0 Å². The smallest absolute Gasteiger partial charge is 0.255 e. The number of carbonyl (C=O) groups is 2. The number of nitrogens with zero attached hydrogens (tertiary/aromatic N) is 5. The molecule has 0 saturated carbocycles. The summed E-state index contributed by atoms with van der Waals surface area (Å²) in [6, 6.07) is 8.86. The number of pyridine rings is 1. The number of hydrogen-bond acceptors (Lipinski definition) is 5. The summed E-state index contributed by atoms with van der Waals surface area (Å²) >= 11 is 0. The van der Waals surface area contributed by atoms with E-state index in [0.717, 1.165) is 11.0 Å². The highest BCUT2D eigenvalue weighted by molar-refractivity contribution is 6.05. The number of carbonyl (C=O) groups excluding carboxylic acids is 2. The Balaban J connectivity index is 1.40. The van der Waals surface area contributed by atoms with Crippen molar-refractivity contribution in [3.63, 3.8) is 0 Å². The van der Waals surface area contributed by atoms with Crippen molar-refractivity contribution in [2.45, 2.75) is 32.9 Å². The second-order valence-electron chi connectivity index (χ2n) is 7.45. The van der Waals surface area contributed by atoms with Crippen LogP contribution in [0.1, 0.15) is 36.7 Å². The summed E-state index contributed by atoms with van der Waals surface area (Å²) in [6.07, 6.45) is 8.79. The second kappa shape index (κ2) is 8.78. The highest BCUT2D eigenvalue weighted by Crippen LogP contribution is 2.20. The van der Waals surface area contributed by atoms with E-state index in [1.54, 1.807) is 55.4 Å². The van der Waals surface area contributed by atoms with Gasteiger partial charge in [0.2, 0.25) is 5.91 Å². The predicted molar refractivity (Wildman–Crippen MR) is 118 cm³/mol. The van der Waals surface area contributed by atoms with Crippen molar-refractivity contribution < 1.29 is 9.59 Å². The van der Waals surface area contributed by atoms with Crippen LogP contribution in [0.5, 0.6) is 0 Å². The standard InChI is InChI=1S/C22H23N7O2/c1-15(2)29-21-17(12-25-29)11-19(13-24-21)27-22(31)16-4-3-5-18(10-16)26-20(30)6-8-28-9-7-23-14-28/h3-5,7,9-15H,6,8H2,1-2H3,(H,26,30)(H,27,31). The van der Waals surface area contributed by atoms with Crippen molar-refractivity contribution in [3.05, 3.63) is 67.0 Å². The molecule has 0 radical (unpaired) electrons. The van der Waals surface area contributed by atoms with E-state index in [0.29, 0.717) is 29.9 Å². The molecular weight excluding hydrogens is 394 g/mol. The fourth-order valence-electron chi connectivity index (χ4n) is 3.20. The Morgan fingerprint density at radius 2 is 1.97 bits per heavy atom. The molecule has 9 heteroatoms. The van der Waals surface area contributed by atoms with Crippen LogP contribution >= 0.6 is 0 Å². The Bertz CT molecular complexity index is 1210. The SMILES string of the molecule is CC(C)n1ncc2cc(NC(=O)c3cccc(NC(=O)CCn4ccnc4)c3)cnc21. The van der Waals surface area contributed by atoms with Gasteiger partial charge in [-0.1, -0.05) is 6.07 Å². The zero-order valence-corrected chi connectivity index (χ0v) is 17.3. The van der Waals surface area contributed by atoms with Gasteiger partial charge in [-0.2, -0.15) is 5.10 Å². The van der Waals surface area contributed by atoms with E-state index in [1.165, 1.54) is 0 Å². The molecule has 0 aliphatic heterocycles. The molecular formula is C22H23N7O2. The monoisotopic (exact) mass is 417 g/mol. The van der Waals surface area contributed by atoms with Gasteiger partial charge in [-0.05, 0) is 38.1 Å². The van der Waals surface area contributed by atoms with Gasteiger partial charge in [-0.3, -0.25) is 9.59 Å². The van der Waals surface area contributed by atoms with E-state index < -0.39 is 0 Å². The number of amides is 2. The second-order valence-corrected chi connectivity index (χ2v) is 7.45. The molecule has 1 aromatic carbocycles. The summed E-state index contributed by atoms with van der Waals surface area (Å²) in [6.45, 7) is 4.61. The first-order valence-electron chi connectivity index (χ1n) is 10.00. The zero-order chi connectivity index (χ0) is 21.8. The van der Waals surface area contributed by atoms with Gasteiger partial charge in [0.1, 0.15) is 0 Å². The molecule has 2 N–H and O–H groups in total. The molecule has 0 aliphatic carbocycles. The minimum atomic E-state index is -0.285. The summed E-state index contributed by atoms with van der Waals surface area (Å²) in [5, 5.41) is 10.9. The highest BCUT2D eigenvalue weighted by Gasteiger charge is 2.12. The minimum absolute atomic E-state index is 0.136. The number of imidazole rings is 1. The minimum Gasteiger partial charge on any atom is -0.337 e. The summed E-state index contributed by atoms with van der Waals surface area (Å²) in [5.74, 6) is -0.421. The van der Waals surface area contributed by atoms with Crippen LogP contribution in [0.3, 0.4) is 0 Å². The Hall–Kier alpha value is -4.01. The van der Waals surface area contributed by atoms with E-state index in [-0.39, 0.29) is 17.9 Å². The molecule has 158 valence electrons. The molecule has 31 heavy (non-hydrogen) atoms. The Morgan fingerprint density at radius 1 is 1.10 bits per heavy atom. The van der Waals surface area contributed by atoms with Crippen LogP contribution in [0.25, 0.3) is 11.0 Å². The quantitative estimate of drug-likeness (QED) is 0.479. The van der Waals surface area contributed by atoms with Gasteiger partial charge in [0.15, 0.2) is 5.65 Å². The summed E-state index contributed by atoms with van der Waals surface area (Å²) in [7, 11) is 0. The number of fused-ring (bicyclic) bond motifs is 1. The van der Waals surface area contributed by atoms with Crippen LogP contribution < -0.4 is 10.6 Å². The number of rotatable bonds is 7. The van der Waals surface area contributed by atoms with Gasteiger partial charge in [0.25, 0.3) is 5.91 Å². The number of anilines is 2. The summed E-state index contributed by atoms with van der Waals surface area (Å²) in [5.41, 5.74) is 2.35. The summed E-state index contributed by atoms with van der Waals surface area (Å²) in [4.78, 5) is 33.3. The first kappa shape index (κ1) is 20.3. The number of aryl methyl sites for hydroxylation is 1. The Labute approximate surface area is 179 Å². The molecule has 0 spiro atoms. The molecule has 0 bridgehead atoms. The maximum absolute atomic E-state index is 12.7. The molecule has 3 heterocycles. The van der Waals surface area contributed by atoms with Gasteiger partial charge in [0.05, 0.1) is 24.4 Å². The average molecular weight is 417 g/mol. The lowest BCUT2D eigenvalue weighted by Gasteiger charge is -2.09. The van der Waals surface area contributed by atoms with Gasteiger partial charge in [-0.15, -0.1) is 0 Å². The van der Waals surface area contributed by atoms with Crippen LogP contribution in [0.15, 0.2) is 61.4 Å². The molecule has 0 aliphatic rings. The van der Waals surface area contributed by atoms with Crippen molar-refractivity contribution in [2.24, 2.45) is 0 Å². The molecule has 0 atom stereocenters. The van der Waals surface area contributed by atoms with Gasteiger partial charge >= 0.3 is 0 Å². The van der Waals surface area contributed by atoms with Gasteiger partial charge in [-0.25, -0.2) is 14.6 Å². The Morgan fingerprint density at radius 3 is 2.74 bits per heavy atom. The highest BCUT2D eigenvalue weighted by atomic mass is 16.2. The van der Waals surface area contributed by atoms with Gasteiger partial charge < -0.3 is 15.2 Å². The van der Waals surface area contributed by atoms with Crippen molar-refractivity contribution in [1.29, 1.82) is 0 Å². The average Bonchev–Trinajstić information content (AvgIpc) is 3.42. The number of aromatic nitrogens is 5. The molecule has 0 unspecified atom stereocenters. The lowest BCUT2D eigenvalue weighted by atomic mass is 10.1. The fraction of sp³-hybridized carbons (Fsp3) is 0.227. The first-order valence-corrected chi connectivity index (χ1v) is 10.00. The van der Waals surface area contributed by atoms with Crippen molar-refractivity contribution in [1.82, 2.24) is 24.3 Å². The largest absolute Gasteiger partial charge is 0.337 e. The molecule has 4 aromatic rings. The van der Waals surface area contributed by atoms with Crippen LogP contribution in [0.4, 0.5) is 11.4 Å². The topological polar surface area (TPSA) is 107 Å². The molecule has 0 saturated heterocycles. The number of hydrogen-bond donors (Lipinski definition) is 2. The van der Waals surface area contributed by atoms with Gasteiger partial charge in [0, 0.05) is 48.0 Å². The molecule has 3 aromatic heterocycles. The van der Waals surface area contributed by atoms with Crippen molar-refractivity contribution in [3.8, 4) is 0 Å². The van der Waals surface area contributed by atoms with Crippen LogP contribution in [-0.2, 0) is 11.3 Å². The fourth-order valence-corrected chi connectivity index (χ4v) is 3.20. The molecule has 2 amide bonds.